The first-order valence-corrected chi connectivity index (χ1v) is 16.1. The van der Waals surface area contributed by atoms with Gasteiger partial charge < -0.3 is 0 Å². The van der Waals surface area contributed by atoms with Gasteiger partial charge in [-0.15, -0.1) is 0 Å². The van der Waals surface area contributed by atoms with E-state index in [4.69, 9.17) is 20.0 Å². The second-order valence-electron chi connectivity index (χ2n) is 14.3. The van der Waals surface area contributed by atoms with Gasteiger partial charge in [0.15, 0.2) is 0 Å². The highest BCUT2D eigenvalue weighted by atomic mass is 15.0. The molecule has 10 heteroatoms. The summed E-state index contributed by atoms with van der Waals surface area (Å²) < 4.78 is 0. The van der Waals surface area contributed by atoms with Crippen LogP contribution in [0.15, 0.2) is 95.8 Å². The maximum absolute atomic E-state index is 5.01. The van der Waals surface area contributed by atoms with Crippen molar-refractivity contribution in [1.82, 2.24) is 39.9 Å². The highest BCUT2D eigenvalue weighted by molar-refractivity contribution is 6.13. The SMILES string of the molecule is CC1(C)N=C(c2cnc3ccccc3n2)c2nccnc2C1(C)C.CC1(C)N=C(c2cnc3ccccc3n2)c2ncncc2C1(C)C. The van der Waals surface area contributed by atoms with Crippen LogP contribution < -0.4 is 0 Å². The molecule has 2 aliphatic rings. The molecule has 48 heavy (non-hydrogen) atoms. The van der Waals surface area contributed by atoms with Crippen LogP contribution in [0.2, 0.25) is 0 Å². The molecule has 2 aliphatic heterocycles. The Morgan fingerprint density at radius 1 is 0.479 bits per heavy atom. The van der Waals surface area contributed by atoms with Crippen molar-refractivity contribution in [3.8, 4) is 0 Å². The number of fused-ring (bicyclic) bond motifs is 4. The number of aliphatic imine (C=N–C) groups is 2. The molecule has 6 aromatic rings. The summed E-state index contributed by atoms with van der Waals surface area (Å²) in [5, 5.41) is 0. The summed E-state index contributed by atoms with van der Waals surface area (Å²) in [6.45, 7) is 17.2. The van der Waals surface area contributed by atoms with E-state index in [1.165, 1.54) is 0 Å². The second-order valence-corrected chi connectivity index (χ2v) is 14.3. The molecule has 0 aliphatic carbocycles. The Balaban J connectivity index is 0.000000152. The van der Waals surface area contributed by atoms with Crippen LogP contribution in [0, 0.1) is 0 Å². The third kappa shape index (κ3) is 5.03. The first-order chi connectivity index (χ1) is 22.8. The maximum atomic E-state index is 5.01. The summed E-state index contributed by atoms with van der Waals surface area (Å²) in [5.74, 6) is 0. The lowest BCUT2D eigenvalue weighted by Crippen LogP contribution is -2.47. The molecule has 2 aromatic carbocycles. The Morgan fingerprint density at radius 2 is 0.979 bits per heavy atom. The molecule has 0 radical (unpaired) electrons. The molecule has 0 spiro atoms. The van der Waals surface area contributed by atoms with E-state index in [0.29, 0.717) is 0 Å². The first-order valence-electron chi connectivity index (χ1n) is 16.1. The molecule has 4 aromatic heterocycles. The largest absolute Gasteiger partial charge is 0.274 e. The van der Waals surface area contributed by atoms with Crippen molar-refractivity contribution in [3.63, 3.8) is 0 Å². The predicted molar refractivity (Wildman–Crippen MR) is 189 cm³/mol. The summed E-state index contributed by atoms with van der Waals surface area (Å²) in [4.78, 5) is 46.5. The number of hydrogen-bond donors (Lipinski definition) is 0. The van der Waals surface area contributed by atoms with Crippen LogP contribution in [0.1, 0.15) is 89.4 Å². The topological polar surface area (TPSA) is 128 Å². The second kappa shape index (κ2) is 11.1. The Bertz CT molecular complexity index is 2110. The molecule has 0 saturated carbocycles. The average molecular weight is 635 g/mol. The van der Waals surface area contributed by atoms with Gasteiger partial charge in [-0.3, -0.25) is 29.9 Å². The van der Waals surface area contributed by atoms with Gasteiger partial charge in [-0.2, -0.15) is 0 Å². The molecule has 0 amide bonds. The van der Waals surface area contributed by atoms with Crippen molar-refractivity contribution in [2.75, 3.05) is 0 Å². The highest BCUT2D eigenvalue weighted by Crippen LogP contribution is 2.43. The fourth-order valence-electron chi connectivity index (χ4n) is 6.01. The molecule has 8 rings (SSSR count). The zero-order valence-electron chi connectivity index (χ0n) is 28.6. The van der Waals surface area contributed by atoms with Gasteiger partial charge in [0.1, 0.15) is 34.8 Å². The fraction of sp³-hybridized carbons (Fsp3) is 0.316. The molecule has 0 atom stereocenters. The third-order valence-electron chi connectivity index (χ3n) is 10.3. The molecule has 10 nitrogen and oxygen atoms in total. The summed E-state index contributed by atoms with van der Waals surface area (Å²) in [6.07, 6.45) is 10.5. The summed E-state index contributed by atoms with van der Waals surface area (Å²) in [5.41, 5.74) is 9.18. The molecule has 0 unspecified atom stereocenters. The molecule has 240 valence electrons. The van der Waals surface area contributed by atoms with Gasteiger partial charge in [0.2, 0.25) is 0 Å². The van der Waals surface area contributed by atoms with Crippen LogP contribution in [0.4, 0.5) is 0 Å². The zero-order chi connectivity index (χ0) is 33.9. The lowest BCUT2D eigenvalue weighted by Gasteiger charge is -2.43. The van der Waals surface area contributed by atoms with Gasteiger partial charge in [0.25, 0.3) is 0 Å². The van der Waals surface area contributed by atoms with Crippen LogP contribution in [0.25, 0.3) is 22.1 Å². The molecule has 0 N–H and O–H groups in total. The monoisotopic (exact) mass is 634 g/mol. The standard InChI is InChI=1S/2C19H19N5/c1-18(2)12-9-20-11-22-16(12)17(24-19(18,3)4)15-10-21-13-7-5-6-8-14(13)23-15;1-18(2)17-16(20-9-10-21-17)15(24-19(18,3)4)14-11-22-12-7-5-6-8-13(12)23-14/h2*5-11H,1-4H3. The van der Waals surface area contributed by atoms with E-state index >= 15 is 0 Å². The number of para-hydroxylation sites is 4. The van der Waals surface area contributed by atoms with Gasteiger partial charge in [-0.1, -0.05) is 52.0 Å². The van der Waals surface area contributed by atoms with Crippen molar-refractivity contribution in [1.29, 1.82) is 0 Å². The third-order valence-corrected chi connectivity index (χ3v) is 10.3. The van der Waals surface area contributed by atoms with Crippen LogP contribution in [0.3, 0.4) is 0 Å². The van der Waals surface area contributed by atoms with Crippen molar-refractivity contribution < 1.29 is 0 Å². The number of nitrogens with zero attached hydrogens (tertiary/aromatic N) is 10. The van der Waals surface area contributed by atoms with E-state index in [9.17, 15) is 0 Å². The number of hydrogen-bond acceptors (Lipinski definition) is 10. The first kappa shape index (κ1) is 31.2. The quantitative estimate of drug-likeness (QED) is 0.207. The van der Waals surface area contributed by atoms with Crippen LogP contribution in [-0.4, -0.2) is 62.4 Å². The van der Waals surface area contributed by atoms with Crippen molar-refractivity contribution in [2.45, 2.75) is 77.3 Å². The summed E-state index contributed by atoms with van der Waals surface area (Å²) in [6, 6.07) is 15.7. The predicted octanol–water partition coefficient (Wildman–Crippen LogP) is 6.65. The molecular formula is C38H38N10. The maximum Gasteiger partial charge on any atom is 0.116 e. The minimum absolute atomic E-state index is 0.169. The fourth-order valence-corrected chi connectivity index (χ4v) is 6.01. The molecule has 0 bridgehead atoms. The lowest BCUT2D eigenvalue weighted by molar-refractivity contribution is 0.294. The van der Waals surface area contributed by atoms with Crippen molar-refractivity contribution >= 4 is 33.5 Å². The van der Waals surface area contributed by atoms with Crippen LogP contribution in [0.5, 0.6) is 0 Å². The minimum atomic E-state index is -0.321. The zero-order valence-corrected chi connectivity index (χ0v) is 28.6. The van der Waals surface area contributed by atoms with Crippen LogP contribution in [-0.2, 0) is 10.8 Å². The van der Waals surface area contributed by atoms with E-state index in [1.54, 1.807) is 31.1 Å². The van der Waals surface area contributed by atoms with Gasteiger partial charge in [-0.05, 0) is 52.0 Å². The smallest absolute Gasteiger partial charge is 0.116 e. The van der Waals surface area contributed by atoms with Crippen molar-refractivity contribution in [2.24, 2.45) is 9.98 Å². The lowest BCUT2D eigenvalue weighted by atomic mass is 9.67. The van der Waals surface area contributed by atoms with Gasteiger partial charge in [0.05, 0.1) is 56.9 Å². The van der Waals surface area contributed by atoms with Gasteiger partial charge >= 0.3 is 0 Å². The Labute approximate surface area is 280 Å². The van der Waals surface area contributed by atoms with E-state index in [0.717, 1.165) is 67.5 Å². The van der Waals surface area contributed by atoms with Gasteiger partial charge in [0, 0.05) is 35.0 Å². The molecule has 6 heterocycles. The van der Waals surface area contributed by atoms with Gasteiger partial charge in [-0.25, -0.2) is 19.9 Å². The minimum Gasteiger partial charge on any atom is -0.274 e. The Hall–Kier alpha value is -5.38. The average Bonchev–Trinajstić information content (AvgIpc) is 3.08. The Kier molecular flexibility index (Phi) is 7.23. The number of benzene rings is 2. The normalized spacial score (nSPS) is 18.1. The van der Waals surface area contributed by atoms with E-state index < -0.39 is 0 Å². The van der Waals surface area contributed by atoms with Crippen molar-refractivity contribution in [3.05, 3.63) is 120 Å². The highest BCUT2D eigenvalue weighted by Gasteiger charge is 2.46. The van der Waals surface area contributed by atoms with Crippen LogP contribution >= 0.6 is 0 Å². The molecule has 0 fully saturated rings. The van der Waals surface area contributed by atoms with E-state index in [2.05, 4.69) is 85.3 Å². The number of aromatic nitrogens is 8. The summed E-state index contributed by atoms with van der Waals surface area (Å²) >= 11 is 0. The molecule has 0 saturated heterocycles. The molecular weight excluding hydrogens is 596 g/mol. The summed E-state index contributed by atoms with van der Waals surface area (Å²) in [7, 11) is 0. The number of rotatable bonds is 2. The Morgan fingerprint density at radius 3 is 1.56 bits per heavy atom. The van der Waals surface area contributed by atoms with E-state index in [1.807, 2.05) is 54.7 Å². The van der Waals surface area contributed by atoms with E-state index in [-0.39, 0.29) is 21.9 Å².